The van der Waals surface area contributed by atoms with Crippen molar-refractivity contribution in [1.82, 2.24) is 4.90 Å². The van der Waals surface area contributed by atoms with Crippen LogP contribution >= 0.6 is 0 Å². The Morgan fingerprint density at radius 2 is 1.86 bits per heavy atom. The molecule has 1 amide bonds. The third-order valence-corrected chi connectivity index (χ3v) is 3.72. The van der Waals surface area contributed by atoms with Crippen molar-refractivity contribution in [3.63, 3.8) is 0 Å². The van der Waals surface area contributed by atoms with Gasteiger partial charge in [0.2, 0.25) is 0 Å². The molecule has 1 fully saturated rings. The second-order valence-corrected chi connectivity index (χ2v) is 6.85. The van der Waals surface area contributed by atoms with Crippen molar-refractivity contribution in [1.29, 1.82) is 0 Å². The molecule has 1 saturated heterocycles. The van der Waals surface area contributed by atoms with Crippen LogP contribution < -0.4 is 10.5 Å². The van der Waals surface area contributed by atoms with Gasteiger partial charge in [-0.15, -0.1) is 0 Å². The molecule has 2 atom stereocenters. The summed E-state index contributed by atoms with van der Waals surface area (Å²) in [5, 5.41) is 0. The quantitative estimate of drug-likeness (QED) is 0.912. The molecule has 1 heterocycles. The Kier molecular flexibility index (Phi) is 4.96. The third kappa shape index (κ3) is 4.37. The first-order valence-electron chi connectivity index (χ1n) is 7.66. The number of methoxy groups -OCH3 is 1. The molecule has 122 valence electrons. The highest BCUT2D eigenvalue weighted by Gasteiger charge is 2.31. The standard InChI is InChI=1S/C17H26N2O3/c1-17(2,3)22-16(20)19-10-13(9-14(18)11-19)12-5-7-15(21-4)8-6-12/h5-8,13-14H,9-11,18H2,1-4H3/t13-,14-/m0/s1. The molecule has 0 radical (unpaired) electrons. The van der Waals surface area contributed by atoms with Gasteiger partial charge in [0.1, 0.15) is 11.4 Å². The summed E-state index contributed by atoms with van der Waals surface area (Å²) >= 11 is 0. The number of benzene rings is 1. The van der Waals surface area contributed by atoms with Crippen LogP contribution in [0.1, 0.15) is 38.7 Å². The molecule has 1 aliphatic heterocycles. The van der Waals surface area contributed by atoms with Gasteiger partial charge in [0.25, 0.3) is 0 Å². The summed E-state index contributed by atoms with van der Waals surface area (Å²) in [5.74, 6) is 1.05. The Hall–Kier alpha value is -1.75. The van der Waals surface area contributed by atoms with E-state index in [1.54, 1.807) is 12.0 Å². The maximum absolute atomic E-state index is 12.3. The zero-order valence-corrected chi connectivity index (χ0v) is 13.8. The second-order valence-electron chi connectivity index (χ2n) is 6.85. The molecule has 22 heavy (non-hydrogen) atoms. The Labute approximate surface area is 132 Å². The molecular formula is C17H26N2O3. The first-order valence-corrected chi connectivity index (χ1v) is 7.66. The number of nitrogens with zero attached hydrogens (tertiary/aromatic N) is 1. The molecule has 5 heteroatoms. The fourth-order valence-electron chi connectivity index (χ4n) is 2.73. The average molecular weight is 306 g/mol. The van der Waals surface area contributed by atoms with Gasteiger partial charge in [-0.3, -0.25) is 0 Å². The number of ether oxygens (including phenoxy) is 2. The molecule has 1 aromatic carbocycles. The normalized spacial score (nSPS) is 22.3. The van der Waals surface area contributed by atoms with Crippen LogP contribution in [0, 0.1) is 0 Å². The molecular weight excluding hydrogens is 280 g/mol. The van der Waals surface area contributed by atoms with E-state index in [-0.39, 0.29) is 18.1 Å². The summed E-state index contributed by atoms with van der Waals surface area (Å²) in [7, 11) is 1.65. The second kappa shape index (κ2) is 6.57. The molecule has 5 nitrogen and oxygen atoms in total. The summed E-state index contributed by atoms with van der Waals surface area (Å²) in [4.78, 5) is 14.0. The summed E-state index contributed by atoms with van der Waals surface area (Å²) < 4.78 is 10.6. The van der Waals surface area contributed by atoms with Crippen LogP contribution in [0.2, 0.25) is 0 Å². The summed E-state index contributed by atoms with van der Waals surface area (Å²) in [6.07, 6.45) is 0.576. The lowest BCUT2D eigenvalue weighted by Crippen LogP contribution is -2.50. The lowest BCUT2D eigenvalue weighted by Gasteiger charge is -2.37. The first-order chi connectivity index (χ1) is 10.3. The van der Waals surface area contributed by atoms with Gasteiger partial charge >= 0.3 is 6.09 Å². The molecule has 1 aliphatic rings. The molecule has 0 aromatic heterocycles. The van der Waals surface area contributed by atoms with E-state index in [0.717, 1.165) is 12.2 Å². The third-order valence-electron chi connectivity index (χ3n) is 3.72. The Balaban J connectivity index is 2.08. The SMILES string of the molecule is COc1ccc([C@H]2C[C@H](N)CN(C(=O)OC(C)(C)C)C2)cc1. The molecule has 0 unspecified atom stereocenters. The maximum Gasteiger partial charge on any atom is 0.410 e. The lowest BCUT2D eigenvalue weighted by atomic mass is 9.88. The fraction of sp³-hybridized carbons (Fsp3) is 0.588. The van der Waals surface area contributed by atoms with Crippen LogP contribution in [0.5, 0.6) is 5.75 Å². The lowest BCUT2D eigenvalue weighted by molar-refractivity contribution is 0.0180. The molecule has 2 N–H and O–H groups in total. The van der Waals surface area contributed by atoms with E-state index in [1.165, 1.54) is 5.56 Å². The first kappa shape index (κ1) is 16.6. The van der Waals surface area contributed by atoms with Crippen LogP contribution in [0.25, 0.3) is 0 Å². The fourth-order valence-corrected chi connectivity index (χ4v) is 2.73. The highest BCUT2D eigenvalue weighted by Crippen LogP contribution is 2.28. The van der Waals surface area contributed by atoms with Gasteiger partial charge in [-0.25, -0.2) is 4.79 Å². The van der Waals surface area contributed by atoms with E-state index < -0.39 is 5.60 Å². The van der Waals surface area contributed by atoms with Crippen molar-refractivity contribution in [3.05, 3.63) is 29.8 Å². The summed E-state index contributed by atoms with van der Waals surface area (Å²) in [6.45, 7) is 6.79. The van der Waals surface area contributed by atoms with Gasteiger partial charge in [0.15, 0.2) is 0 Å². The predicted molar refractivity (Wildman–Crippen MR) is 86.1 cm³/mol. The monoisotopic (exact) mass is 306 g/mol. The summed E-state index contributed by atoms with van der Waals surface area (Å²) in [5.41, 5.74) is 6.82. The van der Waals surface area contributed by atoms with Crippen LogP contribution in [0.15, 0.2) is 24.3 Å². The number of carbonyl (C=O) groups is 1. The van der Waals surface area contributed by atoms with Gasteiger partial charge < -0.3 is 20.1 Å². The Morgan fingerprint density at radius 1 is 1.23 bits per heavy atom. The average Bonchev–Trinajstić information content (AvgIpc) is 2.45. The zero-order chi connectivity index (χ0) is 16.3. The number of hydrogen-bond donors (Lipinski definition) is 1. The maximum atomic E-state index is 12.3. The number of nitrogens with two attached hydrogens (primary N) is 1. The van der Waals surface area contributed by atoms with Crippen molar-refractivity contribution in [3.8, 4) is 5.75 Å². The molecule has 0 bridgehead atoms. The van der Waals surface area contributed by atoms with E-state index in [4.69, 9.17) is 15.2 Å². The van der Waals surface area contributed by atoms with Crippen LogP contribution in [0.3, 0.4) is 0 Å². The number of hydrogen-bond acceptors (Lipinski definition) is 4. The van der Waals surface area contributed by atoms with Crippen LogP contribution in [-0.2, 0) is 4.74 Å². The van der Waals surface area contributed by atoms with E-state index >= 15 is 0 Å². The van der Waals surface area contributed by atoms with Crippen molar-refractivity contribution < 1.29 is 14.3 Å². The van der Waals surface area contributed by atoms with Crippen molar-refractivity contribution in [2.24, 2.45) is 5.73 Å². The summed E-state index contributed by atoms with van der Waals surface area (Å²) in [6, 6.07) is 7.91. The van der Waals surface area contributed by atoms with E-state index in [0.29, 0.717) is 13.1 Å². The van der Waals surface area contributed by atoms with Crippen molar-refractivity contribution in [2.45, 2.75) is 44.8 Å². The Bertz CT molecular complexity index is 508. The largest absolute Gasteiger partial charge is 0.497 e. The van der Waals surface area contributed by atoms with Gasteiger partial charge in [0.05, 0.1) is 7.11 Å². The van der Waals surface area contributed by atoms with Crippen molar-refractivity contribution in [2.75, 3.05) is 20.2 Å². The molecule has 0 aliphatic carbocycles. The van der Waals surface area contributed by atoms with Crippen LogP contribution in [0.4, 0.5) is 4.79 Å². The smallest absolute Gasteiger partial charge is 0.410 e. The van der Waals surface area contributed by atoms with Gasteiger partial charge in [-0.1, -0.05) is 12.1 Å². The molecule has 2 rings (SSSR count). The van der Waals surface area contributed by atoms with Gasteiger partial charge in [-0.2, -0.15) is 0 Å². The number of piperidine rings is 1. The minimum atomic E-state index is -0.492. The topological polar surface area (TPSA) is 64.8 Å². The highest BCUT2D eigenvalue weighted by molar-refractivity contribution is 5.68. The number of likely N-dealkylation sites (tertiary alicyclic amines) is 1. The predicted octanol–water partition coefficient (Wildman–Crippen LogP) is 2.75. The van der Waals surface area contributed by atoms with Gasteiger partial charge in [-0.05, 0) is 44.9 Å². The molecule has 1 aromatic rings. The van der Waals surface area contributed by atoms with Crippen molar-refractivity contribution >= 4 is 6.09 Å². The molecule has 0 spiro atoms. The zero-order valence-electron chi connectivity index (χ0n) is 13.8. The van der Waals surface area contributed by atoms with Crippen LogP contribution in [-0.4, -0.2) is 42.8 Å². The van der Waals surface area contributed by atoms with Gasteiger partial charge in [0, 0.05) is 25.0 Å². The highest BCUT2D eigenvalue weighted by atomic mass is 16.6. The minimum absolute atomic E-state index is 0.0339. The minimum Gasteiger partial charge on any atom is -0.497 e. The number of carbonyl (C=O) groups excluding carboxylic acids is 1. The Morgan fingerprint density at radius 3 is 2.41 bits per heavy atom. The molecule has 0 saturated carbocycles. The van der Waals surface area contributed by atoms with E-state index in [2.05, 4.69) is 0 Å². The van der Waals surface area contributed by atoms with E-state index in [9.17, 15) is 4.79 Å². The number of amides is 1. The van der Waals surface area contributed by atoms with E-state index in [1.807, 2.05) is 45.0 Å². The number of rotatable bonds is 2.